The van der Waals surface area contributed by atoms with E-state index in [0.717, 1.165) is 0 Å². The first-order valence-electron chi connectivity index (χ1n) is 5.61. The summed E-state index contributed by atoms with van der Waals surface area (Å²) < 4.78 is 1.37. The Hall–Kier alpha value is -1.96. The van der Waals surface area contributed by atoms with Crippen molar-refractivity contribution in [3.8, 4) is 0 Å². The number of nitrogens with one attached hydrogen (secondary N) is 2. The Morgan fingerprint density at radius 1 is 1.44 bits per heavy atom. The number of amides is 2. The van der Waals surface area contributed by atoms with Gasteiger partial charge >= 0.3 is 0 Å². The van der Waals surface area contributed by atoms with E-state index < -0.39 is 0 Å². The van der Waals surface area contributed by atoms with Crippen LogP contribution >= 0.6 is 0 Å². The monoisotopic (exact) mass is 254 g/mol. The summed E-state index contributed by atoms with van der Waals surface area (Å²) in [5, 5.41) is 7.71. The molecule has 8 nitrogen and oxygen atoms in total. The second-order valence-electron chi connectivity index (χ2n) is 4.34. The molecule has 18 heavy (non-hydrogen) atoms. The van der Waals surface area contributed by atoms with Gasteiger partial charge in [0.1, 0.15) is 6.54 Å². The minimum Gasteiger partial charge on any atom is -0.322 e. The van der Waals surface area contributed by atoms with Crippen LogP contribution in [0.25, 0.3) is 0 Å². The van der Waals surface area contributed by atoms with Gasteiger partial charge in [-0.1, -0.05) is 19.1 Å². The summed E-state index contributed by atoms with van der Waals surface area (Å²) in [7, 11) is 0. The number of hydrazine groups is 1. The molecule has 1 rings (SSSR count). The fourth-order valence-corrected chi connectivity index (χ4v) is 1.23. The molecule has 100 valence electrons. The summed E-state index contributed by atoms with van der Waals surface area (Å²) in [6.45, 7) is 5.23. The summed E-state index contributed by atoms with van der Waals surface area (Å²) in [6, 6.07) is -0.211. The van der Waals surface area contributed by atoms with Crippen LogP contribution in [0, 0.1) is 5.92 Å². The van der Waals surface area contributed by atoms with E-state index >= 15 is 0 Å². The molecule has 0 aliphatic heterocycles. The Kier molecular flexibility index (Phi) is 4.78. The number of nitrogens with two attached hydrogens (primary N) is 1. The zero-order chi connectivity index (χ0) is 13.7. The van der Waals surface area contributed by atoms with Crippen LogP contribution in [0.3, 0.4) is 0 Å². The topological polar surface area (TPSA) is 115 Å². The second-order valence-corrected chi connectivity index (χ2v) is 4.34. The normalized spacial score (nSPS) is 12.3. The van der Waals surface area contributed by atoms with Crippen molar-refractivity contribution in [1.82, 2.24) is 25.8 Å². The molecule has 1 aromatic rings. The lowest BCUT2D eigenvalue weighted by Gasteiger charge is -2.11. The van der Waals surface area contributed by atoms with Gasteiger partial charge in [-0.05, 0) is 5.92 Å². The molecule has 1 aromatic heterocycles. The van der Waals surface area contributed by atoms with E-state index in [1.54, 1.807) is 6.20 Å². The highest BCUT2D eigenvalue weighted by Gasteiger charge is 2.15. The van der Waals surface area contributed by atoms with E-state index in [-0.39, 0.29) is 30.3 Å². The minimum absolute atomic E-state index is 0.0297. The van der Waals surface area contributed by atoms with Crippen molar-refractivity contribution in [2.24, 2.45) is 11.7 Å². The molecule has 0 aliphatic rings. The molecular formula is C10H18N6O2. The molecule has 0 bridgehead atoms. The molecule has 0 saturated carbocycles. The molecule has 0 aromatic carbocycles. The van der Waals surface area contributed by atoms with Crippen molar-refractivity contribution in [3.63, 3.8) is 0 Å². The van der Waals surface area contributed by atoms with E-state index in [4.69, 9.17) is 5.73 Å². The number of hydrogen-bond acceptors (Lipinski definition) is 5. The van der Waals surface area contributed by atoms with Crippen LogP contribution in [0.5, 0.6) is 0 Å². The minimum atomic E-state index is -0.389. The van der Waals surface area contributed by atoms with Crippen molar-refractivity contribution in [2.45, 2.75) is 33.4 Å². The Morgan fingerprint density at radius 3 is 2.67 bits per heavy atom. The predicted molar refractivity (Wildman–Crippen MR) is 63.7 cm³/mol. The van der Waals surface area contributed by atoms with Crippen molar-refractivity contribution in [3.05, 3.63) is 11.9 Å². The van der Waals surface area contributed by atoms with Crippen LogP contribution < -0.4 is 16.6 Å². The average molecular weight is 254 g/mol. The Morgan fingerprint density at radius 2 is 2.11 bits per heavy atom. The third kappa shape index (κ3) is 4.13. The van der Waals surface area contributed by atoms with E-state index in [9.17, 15) is 9.59 Å². The predicted octanol–water partition coefficient (Wildman–Crippen LogP) is -0.899. The highest BCUT2D eigenvalue weighted by Crippen LogP contribution is 2.15. The van der Waals surface area contributed by atoms with Gasteiger partial charge in [0.15, 0.2) is 0 Å². The number of rotatable bonds is 4. The lowest BCUT2D eigenvalue weighted by molar-refractivity contribution is -0.128. The molecule has 1 unspecified atom stereocenters. The molecule has 4 N–H and O–H groups in total. The Bertz CT molecular complexity index is 428. The van der Waals surface area contributed by atoms with Gasteiger partial charge in [-0.2, -0.15) is 0 Å². The standard InChI is InChI=1S/C10H18N6O2/c1-6(2)10(11)8-4-16(15-13-8)5-9(18)14-12-7(3)17/h4,6,10H,5,11H2,1-3H3,(H,12,17)(H,14,18). The Labute approximate surface area is 105 Å². The van der Waals surface area contributed by atoms with Crippen LogP contribution in [-0.4, -0.2) is 26.8 Å². The highest BCUT2D eigenvalue weighted by molar-refractivity contribution is 5.80. The van der Waals surface area contributed by atoms with Crippen LogP contribution in [0.2, 0.25) is 0 Å². The number of carbonyl (C=O) groups is 2. The first-order chi connectivity index (χ1) is 8.40. The van der Waals surface area contributed by atoms with Crippen molar-refractivity contribution in [2.75, 3.05) is 0 Å². The largest absolute Gasteiger partial charge is 0.322 e. The number of aromatic nitrogens is 3. The van der Waals surface area contributed by atoms with Gasteiger partial charge in [0.25, 0.3) is 5.91 Å². The van der Waals surface area contributed by atoms with Gasteiger partial charge in [0.05, 0.1) is 17.9 Å². The van der Waals surface area contributed by atoms with E-state index in [1.807, 2.05) is 13.8 Å². The van der Waals surface area contributed by atoms with Crippen LogP contribution in [0.4, 0.5) is 0 Å². The molecular weight excluding hydrogens is 236 g/mol. The smallest absolute Gasteiger partial charge is 0.260 e. The van der Waals surface area contributed by atoms with Gasteiger partial charge in [-0.3, -0.25) is 20.4 Å². The molecule has 0 saturated heterocycles. The van der Waals surface area contributed by atoms with Gasteiger partial charge in [0, 0.05) is 6.92 Å². The maximum atomic E-state index is 11.4. The third-order valence-electron chi connectivity index (χ3n) is 2.30. The lowest BCUT2D eigenvalue weighted by Crippen LogP contribution is -2.42. The fraction of sp³-hybridized carbons (Fsp3) is 0.600. The summed E-state index contributed by atoms with van der Waals surface area (Å²) in [6.07, 6.45) is 1.62. The first-order valence-corrected chi connectivity index (χ1v) is 5.61. The Balaban J connectivity index is 2.53. The SMILES string of the molecule is CC(=O)NNC(=O)Cn1cc(C(N)C(C)C)nn1. The summed E-state index contributed by atoms with van der Waals surface area (Å²) in [4.78, 5) is 22.0. The number of nitrogens with zero attached hydrogens (tertiary/aromatic N) is 3. The van der Waals surface area contributed by atoms with Crippen molar-refractivity contribution in [1.29, 1.82) is 0 Å². The van der Waals surface area contributed by atoms with E-state index in [2.05, 4.69) is 21.2 Å². The van der Waals surface area contributed by atoms with E-state index in [0.29, 0.717) is 5.69 Å². The van der Waals surface area contributed by atoms with Crippen molar-refractivity contribution < 1.29 is 9.59 Å². The molecule has 0 spiro atoms. The average Bonchev–Trinajstić information content (AvgIpc) is 2.73. The molecule has 0 radical (unpaired) electrons. The van der Waals surface area contributed by atoms with E-state index in [1.165, 1.54) is 11.6 Å². The van der Waals surface area contributed by atoms with Crippen molar-refractivity contribution >= 4 is 11.8 Å². The molecule has 1 atom stereocenters. The molecule has 2 amide bonds. The molecule has 0 fully saturated rings. The number of carbonyl (C=O) groups excluding carboxylic acids is 2. The molecule has 8 heteroatoms. The fourth-order valence-electron chi connectivity index (χ4n) is 1.23. The summed E-state index contributed by atoms with van der Waals surface area (Å²) in [5.74, 6) is -0.493. The van der Waals surface area contributed by atoms with Crippen LogP contribution in [0.1, 0.15) is 32.5 Å². The summed E-state index contributed by atoms with van der Waals surface area (Å²) in [5.41, 5.74) is 11.0. The van der Waals surface area contributed by atoms with Gasteiger partial charge in [-0.15, -0.1) is 5.10 Å². The van der Waals surface area contributed by atoms with Gasteiger partial charge in [-0.25, -0.2) is 4.68 Å². The maximum Gasteiger partial charge on any atom is 0.260 e. The van der Waals surface area contributed by atoms with Gasteiger partial charge < -0.3 is 5.73 Å². The summed E-state index contributed by atoms with van der Waals surface area (Å²) >= 11 is 0. The molecule has 1 heterocycles. The lowest BCUT2D eigenvalue weighted by atomic mass is 10.0. The van der Waals surface area contributed by atoms with Gasteiger partial charge in [0.2, 0.25) is 5.91 Å². The zero-order valence-corrected chi connectivity index (χ0v) is 10.7. The number of hydrogen-bond donors (Lipinski definition) is 3. The zero-order valence-electron chi connectivity index (χ0n) is 10.7. The quantitative estimate of drug-likeness (QED) is 0.602. The van der Waals surface area contributed by atoms with Crippen LogP contribution in [-0.2, 0) is 16.1 Å². The second kappa shape index (κ2) is 6.10. The maximum absolute atomic E-state index is 11.4. The molecule has 0 aliphatic carbocycles. The third-order valence-corrected chi connectivity index (χ3v) is 2.30. The first kappa shape index (κ1) is 14.1. The highest BCUT2D eigenvalue weighted by atomic mass is 16.2. The van der Waals surface area contributed by atoms with Crippen LogP contribution in [0.15, 0.2) is 6.20 Å².